The highest BCUT2D eigenvalue weighted by Gasteiger charge is 2.11. The molecule has 156 valence electrons. The summed E-state index contributed by atoms with van der Waals surface area (Å²) in [7, 11) is 0. The van der Waals surface area contributed by atoms with Gasteiger partial charge >= 0.3 is 11.9 Å². The van der Waals surface area contributed by atoms with Crippen LogP contribution in [-0.4, -0.2) is 35.5 Å². The van der Waals surface area contributed by atoms with Crippen molar-refractivity contribution in [3.8, 4) is 0 Å². The van der Waals surface area contributed by atoms with Crippen LogP contribution in [0.3, 0.4) is 0 Å². The Balaban J connectivity index is 1.88. The van der Waals surface area contributed by atoms with Crippen molar-refractivity contribution in [3.05, 3.63) is 70.8 Å². The van der Waals surface area contributed by atoms with E-state index in [2.05, 4.69) is 10.6 Å². The van der Waals surface area contributed by atoms with Crippen LogP contribution in [0.2, 0.25) is 0 Å². The highest BCUT2D eigenvalue weighted by atomic mass is 16.5. The summed E-state index contributed by atoms with van der Waals surface area (Å²) in [6, 6.07) is 11.4. The molecule has 0 aliphatic rings. The molecular weight excluding hydrogens is 388 g/mol. The summed E-state index contributed by atoms with van der Waals surface area (Å²) in [5.74, 6) is -2.94. The van der Waals surface area contributed by atoms with Gasteiger partial charge in [0.1, 0.15) is 0 Å². The summed E-state index contributed by atoms with van der Waals surface area (Å²) in [5, 5.41) is 13.9. The summed E-state index contributed by atoms with van der Waals surface area (Å²) >= 11 is 0. The number of aryl methyl sites for hydroxylation is 2. The maximum Gasteiger partial charge on any atom is 0.338 e. The Kier molecular flexibility index (Phi) is 7.46. The van der Waals surface area contributed by atoms with E-state index >= 15 is 0 Å². The second kappa shape index (κ2) is 10.0. The number of hydrogen-bond donors (Lipinski definition) is 3. The van der Waals surface area contributed by atoms with E-state index in [1.54, 1.807) is 0 Å². The Hall–Kier alpha value is -3.94. The van der Waals surface area contributed by atoms with Crippen molar-refractivity contribution in [1.29, 1.82) is 0 Å². The topological polar surface area (TPSA) is 122 Å². The Morgan fingerprint density at radius 1 is 0.933 bits per heavy atom. The Morgan fingerprint density at radius 2 is 1.53 bits per heavy atom. The summed E-state index contributed by atoms with van der Waals surface area (Å²) in [6.45, 7) is 4.69. The molecule has 8 heteroatoms. The zero-order chi connectivity index (χ0) is 22.3. The van der Waals surface area contributed by atoms with Gasteiger partial charge in [0.25, 0.3) is 5.91 Å². The van der Waals surface area contributed by atoms with E-state index in [-0.39, 0.29) is 11.1 Å². The number of carbonyl (C=O) groups excluding carboxylic acids is 3. The van der Waals surface area contributed by atoms with Gasteiger partial charge in [-0.25, -0.2) is 9.59 Å². The molecule has 0 unspecified atom stereocenters. The van der Waals surface area contributed by atoms with Crippen LogP contribution in [0.15, 0.2) is 54.1 Å². The lowest BCUT2D eigenvalue weighted by atomic mass is 10.1. The average Bonchev–Trinajstić information content (AvgIpc) is 2.65. The summed E-state index contributed by atoms with van der Waals surface area (Å²) < 4.78 is 5.01. The van der Waals surface area contributed by atoms with Crippen LogP contribution in [0.4, 0.5) is 11.4 Å². The predicted octanol–water partition coefficient (Wildman–Crippen LogP) is 3.07. The molecule has 0 saturated heterocycles. The fourth-order valence-corrected chi connectivity index (χ4v) is 2.58. The molecule has 0 aliphatic carbocycles. The first kappa shape index (κ1) is 22.4. The number of ether oxygens (including phenoxy) is 1. The lowest BCUT2D eigenvalue weighted by Gasteiger charge is -2.09. The number of esters is 1. The molecule has 8 nitrogen and oxygen atoms in total. The molecule has 2 aromatic carbocycles. The van der Waals surface area contributed by atoms with Crippen LogP contribution >= 0.6 is 0 Å². The van der Waals surface area contributed by atoms with Crippen molar-refractivity contribution in [2.75, 3.05) is 17.2 Å². The number of aliphatic carboxylic acids is 1. The van der Waals surface area contributed by atoms with Gasteiger partial charge in [-0.1, -0.05) is 6.07 Å². The molecule has 0 fully saturated rings. The molecule has 0 heterocycles. The maximum atomic E-state index is 12.1. The molecule has 0 radical (unpaired) electrons. The number of carboxylic acids is 1. The van der Waals surface area contributed by atoms with Crippen molar-refractivity contribution < 1.29 is 29.0 Å². The number of carboxylic acid groups (broad SMARTS) is 1. The largest absolute Gasteiger partial charge is 0.478 e. The quantitative estimate of drug-likeness (QED) is 0.476. The van der Waals surface area contributed by atoms with Gasteiger partial charge in [-0.15, -0.1) is 0 Å². The number of carbonyl (C=O) groups is 4. The van der Waals surface area contributed by atoms with Gasteiger partial charge < -0.3 is 20.5 Å². The van der Waals surface area contributed by atoms with E-state index in [1.807, 2.05) is 32.0 Å². The minimum Gasteiger partial charge on any atom is -0.478 e. The Labute approximate surface area is 173 Å². The molecule has 0 atom stereocenters. The van der Waals surface area contributed by atoms with Crippen molar-refractivity contribution in [2.24, 2.45) is 0 Å². The van der Waals surface area contributed by atoms with Gasteiger partial charge in [-0.3, -0.25) is 9.59 Å². The number of anilines is 2. The lowest BCUT2D eigenvalue weighted by molar-refractivity contribution is -0.132. The number of amides is 2. The van der Waals surface area contributed by atoms with Gasteiger partial charge in [-0.2, -0.15) is 0 Å². The molecule has 30 heavy (non-hydrogen) atoms. The van der Waals surface area contributed by atoms with E-state index in [9.17, 15) is 19.2 Å². The number of rotatable bonds is 7. The molecule has 0 aliphatic heterocycles. The molecule has 2 rings (SSSR count). The number of nitrogens with one attached hydrogen (secondary N) is 2. The van der Waals surface area contributed by atoms with Crippen molar-refractivity contribution >= 4 is 35.1 Å². The molecule has 2 amide bonds. The van der Waals surface area contributed by atoms with Gasteiger partial charge in [0, 0.05) is 23.0 Å². The third kappa shape index (κ3) is 6.90. The summed E-state index contributed by atoms with van der Waals surface area (Å²) in [4.78, 5) is 46.5. The first-order valence-corrected chi connectivity index (χ1v) is 9.02. The predicted molar refractivity (Wildman–Crippen MR) is 111 cm³/mol. The van der Waals surface area contributed by atoms with Crippen LogP contribution in [0.5, 0.6) is 0 Å². The zero-order valence-corrected chi connectivity index (χ0v) is 16.8. The van der Waals surface area contributed by atoms with Crippen LogP contribution in [-0.2, 0) is 19.1 Å². The first-order chi connectivity index (χ1) is 14.1. The van der Waals surface area contributed by atoms with Gasteiger partial charge in [0.05, 0.1) is 5.56 Å². The van der Waals surface area contributed by atoms with Gasteiger partial charge in [0.2, 0.25) is 5.91 Å². The van der Waals surface area contributed by atoms with E-state index < -0.39 is 30.4 Å². The number of benzene rings is 2. The van der Waals surface area contributed by atoms with Crippen molar-refractivity contribution in [1.82, 2.24) is 0 Å². The highest BCUT2D eigenvalue weighted by molar-refractivity contribution is 6.04. The smallest absolute Gasteiger partial charge is 0.338 e. The van der Waals surface area contributed by atoms with Crippen molar-refractivity contribution in [3.63, 3.8) is 0 Å². The number of hydrogen-bond acceptors (Lipinski definition) is 5. The molecule has 0 bridgehead atoms. The van der Waals surface area contributed by atoms with Gasteiger partial charge in [0.15, 0.2) is 6.61 Å². The third-order valence-electron chi connectivity index (χ3n) is 3.91. The normalized spacial score (nSPS) is 10.8. The lowest BCUT2D eigenvalue weighted by Crippen LogP contribution is -2.21. The second-order valence-corrected chi connectivity index (χ2v) is 6.70. The van der Waals surface area contributed by atoms with E-state index in [0.29, 0.717) is 11.4 Å². The molecular formula is C22H22N2O6. The Bertz CT molecular complexity index is 989. The average molecular weight is 410 g/mol. The minimum absolute atomic E-state index is 0.105. The monoisotopic (exact) mass is 410 g/mol. The van der Waals surface area contributed by atoms with Crippen LogP contribution < -0.4 is 10.6 Å². The SMILES string of the molecule is C/C(=C/C(=O)Nc1ccc(C(=O)OCC(=O)Nc2cc(C)cc(C)c2)cc1)C(=O)O. The molecule has 0 saturated carbocycles. The molecule has 0 spiro atoms. The van der Waals surface area contributed by atoms with E-state index in [1.165, 1.54) is 31.2 Å². The molecule has 3 N–H and O–H groups in total. The van der Waals surface area contributed by atoms with Crippen LogP contribution in [0, 0.1) is 13.8 Å². The maximum absolute atomic E-state index is 12.1. The molecule has 2 aromatic rings. The Morgan fingerprint density at radius 3 is 2.10 bits per heavy atom. The first-order valence-electron chi connectivity index (χ1n) is 9.02. The minimum atomic E-state index is -1.19. The van der Waals surface area contributed by atoms with Crippen LogP contribution in [0.25, 0.3) is 0 Å². The zero-order valence-electron chi connectivity index (χ0n) is 16.8. The standard InChI is InChI=1S/C22H22N2O6/c1-13-8-14(2)10-18(9-13)24-20(26)12-30-22(29)16-4-6-17(7-5-16)23-19(25)11-15(3)21(27)28/h4-11H,12H2,1-3H3,(H,23,25)(H,24,26)(H,27,28)/b15-11-. The molecule has 0 aromatic heterocycles. The van der Waals surface area contributed by atoms with E-state index in [0.717, 1.165) is 17.2 Å². The fraction of sp³-hybridized carbons (Fsp3) is 0.182. The van der Waals surface area contributed by atoms with Gasteiger partial charge in [-0.05, 0) is 68.3 Å². The fourth-order valence-electron chi connectivity index (χ4n) is 2.58. The van der Waals surface area contributed by atoms with Crippen LogP contribution in [0.1, 0.15) is 28.4 Å². The van der Waals surface area contributed by atoms with E-state index in [4.69, 9.17) is 9.84 Å². The van der Waals surface area contributed by atoms with Crippen molar-refractivity contribution in [2.45, 2.75) is 20.8 Å². The second-order valence-electron chi connectivity index (χ2n) is 6.70. The summed E-state index contributed by atoms with van der Waals surface area (Å²) in [6.07, 6.45) is 0.957. The highest BCUT2D eigenvalue weighted by Crippen LogP contribution is 2.14. The third-order valence-corrected chi connectivity index (χ3v) is 3.91. The summed E-state index contributed by atoms with van der Waals surface area (Å²) in [5.41, 5.74) is 3.10.